The largest absolute Gasteiger partial charge is 0.416 e. The summed E-state index contributed by atoms with van der Waals surface area (Å²) in [6.45, 7) is 0.0780. The highest BCUT2D eigenvalue weighted by molar-refractivity contribution is 5.94. The molecule has 1 atom stereocenters. The van der Waals surface area contributed by atoms with Gasteiger partial charge in [0, 0.05) is 32.1 Å². The predicted molar refractivity (Wildman–Crippen MR) is 82.4 cm³/mol. The van der Waals surface area contributed by atoms with E-state index in [9.17, 15) is 18.0 Å². The Morgan fingerprint density at radius 2 is 1.92 bits per heavy atom. The zero-order valence-corrected chi connectivity index (χ0v) is 13.2. The van der Waals surface area contributed by atoms with Crippen molar-refractivity contribution < 1.29 is 22.7 Å². The zero-order valence-electron chi connectivity index (χ0n) is 13.2. The average molecular weight is 338 g/mol. The van der Waals surface area contributed by atoms with E-state index in [-0.39, 0.29) is 12.5 Å². The van der Waals surface area contributed by atoms with Crippen molar-refractivity contribution in [3.63, 3.8) is 0 Å². The first-order chi connectivity index (χ1) is 11.3. The summed E-state index contributed by atoms with van der Waals surface area (Å²) in [6.07, 6.45) is -1.48. The summed E-state index contributed by atoms with van der Waals surface area (Å²) >= 11 is 0. The van der Waals surface area contributed by atoms with Crippen LogP contribution in [0.2, 0.25) is 0 Å². The lowest BCUT2D eigenvalue weighted by Gasteiger charge is -2.28. The molecule has 0 aliphatic heterocycles. The van der Waals surface area contributed by atoms with E-state index in [1.807, 2.05) is 0 Å². The Kier molecular flexibility index (Phi) is 5.56. The zero-order chi connectivity index (χ0) is 17.7. The van der Waals surface area contributed by atoms with Crippen LogP contribution in [0.25, 0.3) is 0 Å². The maximum Gasteiger partial charge on any atom is 0.416 e. The number of hydrogen-bond donors (Lipinski definition) is 0. The smallest absolute Gasteiger partial charge is 0.382 e. The highest BCUT2D eigenvalue weighted by Crippen LogP contribution is 2.32. The van der Waals surface area contributed by atoms with Gasteiger partial charge in [-0.05, 0) is 29.8 Å². The van der Waals surface area contributed by atoms with Crippen LogP contribution >= 0.6 is 0 Å². The van der Waals surface area contributed by atoms with Gasteiger partial charge in [-0.3, -0.25) is 9.78 Å². The van der Waals surface area contributed by atoms with Crippen molar-refractivity contribution in [2.75, 3.05) is 20.8 Å². The summed E-state index contributed by atoms with van der Waals surface area (Å²) in [6, 6.07) is 7.38. The molecule has 1 heterocycles. The Balaban J connectivity index is 2.34. The number of halogens is 3. The topological polar surface area (TPSA) is 42.4 Å². The summed E-state index contributed by atoms with van der Waals surface area (Å²) in [5, 5.41) is 0. The quantitative estimate of drug-likeness (QED) is 0.837. The Bertz CT molecular complexity index is 690. The van der Waals surface area contributed by atoms with Crippen molar-refractivity contribution in [3.8, 4) is 0 Å². The molecule has 0 bridgehead atoms. The third-order valence-corrected chi connectivity index (χ3v) is 3.64. The number of ether oxygens (including phenoxy) is 1. The third-order valence-electron chi connectivity index (χ3n) is 3.64. The van der Waals surface area contributed by atoms with Gasteiger partial charge >= 0.3 is 6.18 Å². The fourth-order valence-electron chi connectivity index (χ4n) is 2.35. The molecule has 2 aromatic rings. The molecule has 128 valence electrons. The second kappa shape index (κ2) is 7.44. The van der Waals surface area contributed by atoms with Crippen LogP contribution in [0.15, 0.2) is 48.8 Å². The fourth-order valence-corrected chi connectivity index (χ4v) is 2.35. The van der Waals surface area contributed by atoms with E-state index in [1.54, 1.807) is 18.2 Å². The minimum Gasteiger partial charge on any atom is -0.382 e. The van der Waals surface area contributed by atoms with E-state index in [0.29, 0.717) is 11.1 Å². The maximum absolute atomic E-state index is 12.9. The lowest BCUT2D eigenvalue weighted by Crippen LogP contribution is -2.34. The Morgan fingerprint density at radius 1 is 1.25 bits per heavy atom. The monoisotopic (exact) mass is 338 g/mol. The number of methoxy groups -OCH3 is 1. The number of nitrogens with zero attached hydrogens (tertiary/aromatic N) is 2. The van der Waals surface area contributed by atoms with Gasteiger partial charge in [0.2, 0.25) is 0 Å². The van der Waals surface area contributed by atoms with Crippen molar-refractivity contribution in [2.45, 2.75) is 12.2 Å². The number of pyridine rings is 1. The molecule has 0 aliphatic carbocycles. The molecule has 0 aliphatic rings. The van der Waals surface area contributed by atoms with Gasteiger partial charge in [-0.15, -0.1) is 0 Å². The molecule has 0 spiro atoms. The number of benzene rings is 1. The summed E-state index contributed by atoms with van der Waals surface area (Å²) in [4.78, 5) is 17.8. The van der Waals surface area contributed by atoms with Gasteiger partial charge in [0.15, 0.2) is 0 Å². The minimum absolute atomic E-state index is 0.0780. The molecule has 4 nitrogen and oxygen atoms in total. The molecule has 1 aromatic heterocycles. The molecule has 7 heteroatoms. The summed E-state index contributed by atoms with van der Waals surface area (Å²) in [5.41, 5.74) is 0.00280. The summed E-state index contributed by atoms with van der Waals surface area (Å²) < 4.78 is 43.9. The Labute approximate surface area is 137 Å². The molecule has 0 saturated carbocycles. The normalized spacial score (nSPS) is 12.7. The van der Waals surface area contributed by atoms with E-state index >= 15 is 0 Å². The summed E-state index contributed by atoms with van der Waals surface area (Å²) in [5.74, 6) is -0.322. The molecular weight excluding hydrogens is 321 g/mol. The molecule has 0 saturated heterocycles. The number of amides is 1. The Hall–Kier alpha value is -2.41. The van der Waals surface area contributed by atoms with Crippen molar-refractivity contribution in [3.05, 3.63) is 65.5 Å². The molecule has 0 unspecified atom stereocenters. The van der Waals surface area contributed by atoms with Gasteiger partial charge in [-0.25, -0.2) is 0 Å². The average Bonchev–Trinajstić information content (AvgIpc) is 2.58. The van der Waals surface area contributed by atoms with Crippen LogP contribution in [-0.2, 0) is 10.9 Å². The molecule has 0 N–H and O–H groups in total. The lowest BCUT2D eigenvalue weighted by molar-refractivity contribution is -0.137. The molecule has 1 aromatic carbocycles. The number of hydrogen-bond acceptors (Lipinski definition) is 3. The number of likely N-dealkylation sites (N-methyl/N-ethyl adjacent to an activating group) is 1. The van der Waals surface area contributed by atoms with Gasteiger partial charge in [0.1, 0.15) is 0 Å². The number of alkyl halides is 3. The molecule has 24 heavy (non-hydrogen) atoms. The van der Waals surface area contributed by atoms with Gasteiger partial charge in [-0.2, -0.15) is 13.2 Å². The van der Waals surface area contributed by atoms with Gasteiger partial charge in [-0.1, -0.05) is 12.1 Å². The van der Waals surface area contributed by atoms with E-state index < -0.39 is 17.8 Å². The van der Waals surface area contributed by atoms with Crippen LogP contribution in [0.1, 0.15) is 27.5 Å². The number of carbonyl (C=O) groups is 1. The second-order valence-corrected chi connectivity index (χ2v) is 5.25. The minimum atomic E-state index is -4.44. The second-order valence-electron chi connectivity index (χ2n) is 5.25. The third kappa shape index (κ3) is 4.11. The lowest BCUT2D eigenvalue weighted by atomic mass is 10.0. The van der Waals surface area contributed by atoms with Crippen LogP contribution in [0.5, 0.6) is 0 Å². The molecule has 0 fully saturated rings. The van der Waals surface area contributed by atoms with E-state index in [1.165, 1.54) is 37.5 Å². The summed E-state index contributed by atoms with van der Waals surface area (Å²) in [7, 11) is 2.97. The first-order valence-corrected chi connectivity index (χ1v) is 7.18. The number of aromatic nitrogens is 1. The van der Waals surface area contributed by atoms with Crippen LogP contribution < -0.4 is 0 Å². The van der Waals surface area contributed by atoms with E-state index in [0.717, 1.165) is 12.1 Å². The van der Waals surface area contributed by atoms with Crippen molar-refractivity contribution in [1.82, 2.24) is 9.88 Å². The first-order valence-electron chi connectivity index (χ1n) is 7.18. The van der Waals surface area contributed by atoms with Gasteiger partial charge in [0.05, 0.1) is 18.2 Å². The number of carbonyl (C=O) groups excluding carboxylic acids is 1. The first kappa shape index (κ1) is 17.9. The molecule has 0 radical (unpaired) electrons. The van der Waals surface area contributed by atoms with Crippen LogP contribution in [0, 0.1) is 0 Å². The van der Waals surface area contributed by atoms with Crippen LogP contribution in [-0.4, -0.2) is 36.6 Å². The number of rotatable bonds is 5. The maximum atomic E-state index is 12.9. The Morgan fingerprint density at radius 3 is 2.50 bits per heavy atom. The SMILES string of the molecule is COC[C@@H](c1cccc(C(F)(F)F)c1)N(C)C(=O)c1ccncc1. The van der Waals surface area contributed by atoms with Crippen molar-refractivity contribution in [1.29, 1.82) is 0 Å². The molecule has 2 rings (SSSR count). The standard InChI is InChI=1S/C17H17F3N2O2/c1-22(16(23)12-6-8-21-9-7-12)15(11-24-2)13-4-3-5-14(10-13)17(18,19)20/h3-10,15H,11H2,1-2H3/t15-/m0/s1. The van der Waals surface area contributed by atoms with Gasteiger partial charge < -0.3 is 9.64 Å². The van der Waals surface area contributed by atoms with Crippen molar-refractivity contribution >= 4 is 5.91 Å². The molecular formula is C17H17F3N2O2. The van der Waals surface area contributed by atoms with Crippen LogP contribution in [0.4, 0.5) is 13.2 Å². The van der Waals surface area contributed by atoms with Crippen LogP contribution in [0.3, 0.4) is 0 Å². The predicted octanol–water partition coefficient (Wildman–Crippen LogP) is 3.56. The fraction of sp³-hybridized carbons (Fsp3) is 0.294. The van der Waals surface area contributed by atoms with Gasteiger partial charge in [0.25, 0.3) is 5.91 Å². The highest BCUT2D eigenvalue weighted by Gasteiger charge is 2.32. The van der Waals surface area contributed by atoms with E-state index in [4.69, 9.17) is 4.74 Å². The molecule has 1 amide bonds. The highest BCUT2D eigenvalue weighted by atomic mass is 19.4. The van der Waals surface area contributed by atoms with E-state index in [2.05, 4.69) is 4.98 Å². The van der Waals surface area contributed by atoms with Crippen molar-refractivity contribution in [2.24, 2.45) is 0 Å².